The Morgan fingerprint density at radius 1 is 0.261 bits per heavy atom. The maximum atomic E-state index is 14.2. The van der Waals surface area contributed by atoms with Crippen LogP contribution in [0.1, 0.15) is 79.6 Å². The minimum absolute atomic E-state index is 0.0214. The molecule has 6 rings (SSSR count). The molecule has 0 aliphatic carbocycles. The highest BCUT2D eigenvalue weighted by atomic mass is 16.1. The number of carbonyl (C=O) groups excluding carboxylic acids is 5. The topological polar surface area (TPSA) is 137 Å². The van der Waals surface area contributed by atoms with Gasteiger partial charge in [-0.05, 0) is 84.9 Å². The number of hydrogen-bond donors (Lipinski definition) is 0. The molecule has 6 aromatic rings. The highest BCUT2D eigenvalue weighted by Crippen LogP contribution is 2.23. The van der Waals surface area contributed by atoms with E-state index in [9.17, 15) is 24.0 Å². The molecule has 0 N–H and O–H groups in total. The van der Waals surface area contributed by atoms with Crippen LogP contribution in [-0.2, 0) is 0 Å². The van der Waals surface area contributed by atoms with Crippen molar-refractivity contribution in [2.75, 3.05) is 0 Å². The predicted octanol–water partition coefficient (Wildman–Crippen LogP) is 5.42. The van der Waals surface area contributed by atoms with E-state index in [1.54, 1.807) is 0 Å². The van der Waals surface area contributed by atoms with Gasteiger partial charge in [0.1, 0.15) is 0 Å². The van der Waals surface area contributed by atoms with Crippen molar-refractivity contribution in [1.29, 1.82) is 0 Å². The van der Waals surface area contributed by atoms with E-state index in [1.165, 1.54) is 135 Å². The molecule has 220 valence electrons. The molecule has 2 aromatic carbocycles. The summed E-state index contributed by atoms with van der Waals surface area (Å²) in [4.78, 5) is 84.1. The Balaban J connectivity index is 1.49. The van der Waals surface area contributed by atoms with Crippen LogP contribution in [0.2, 0.25) is 0 Å². The van der Waals surface area contributed by atoms with E-state index in [2.05, 4.69) is 19.9 Å². The lowest BCUT2D eigenvalue weighted by Crippen LogP contribution is -2.13. The molecule has 0 aliphatic rings. The number of carbonyl (C=O) groups is 5. The summed E-state index contributed by atoms with van der Waals surface area (Å²) < 4.78 is 0. The van der Waals surface area contributed by atoms with E-state index in [0.29, 0.717) is 22.3 Å². The second-order valence-corrected chi connectivity index (χ2v) is 10.2. The molecule has 4 heterocycles. The molecular weight excluding hydrogens is 580 g/mol. The second kappa shape index (κ2) is 12.9. The van der Waals surface area contributed by atoms with Gasteiger partial charge in [0.15, 0.2) is 28.9 Å². The molecule has 9 nitrogen and oxygen atoms in total. The Labute approximate surface area is 262 Å². The summed E-state index contributed by atoms with van der Waals surface area (Å²) in [5.74, 6) is -2.28. The maximum absolute atomic E-state index is 14.2. The molecular formula is C37H22N4O5. The minimum atomic E-state index is -0.596. The van der Waals surface area contributed by atoms with E-state index in [0.717, 1.165) is 0 Å². The zero-order valence-electron chi connectivity index (χ0n) is 24.0. The SMILES string of the molecule is O=C(c1ccncc1)c1cc(C(=O)c2ccncc2)cc(C(=O)c2cc(C(=O)c3ccncc3)cc(C(=O)c3ccncc3)c2)c1. The van der Waals surface area contributed by atoms with Crippen molar-refractivity contribution in [3.8, 4) is 0 Å². The van der Waals surface area contributed by atoms with Crippen LogP contribution in [-0.4, -0.2) is 48.9 Å². The van der Waals surface area contributed by atoms with Crippen LogP contribution in [0.3, 0.4) is 0 Å². The summed E-state index contributed by atoms with van der Waals surface area (Å²) in [7, 11) is 0. The maximum Gasteiger partial charge on any atom is 0.193 e. The van der Waals surface area contributed by atoms with Crippen molar-refractivity contribution >= 4 is 28.9 Å². The Bertz CT molecular complexity index is 1830. The molecule has 0 fully saturated rings. The predicted molar refractivity (Wildman–Crippen MR) is 167 cm³/mol. The molecule has 0 atom stereocenters. The normalized spacial score (nSPS) is 10.6. The van der Waals surface area contributed by atoms with Gasteiger partial charge >= 0.3 is 0 Å². The van der Waals surface area contributed by atoms with Crippen LogP contribution in [0.4, 0.5) is 0 Å². The van der Waals surface area contributed by atoms with Crippen LogP contribution in [0.25, 0.3) is 0 Å². The molecule has 46 heavy (non-hydrogen) atoms. The van der Waals surface area contributed by atoms with Crippen LogP contribution in [0.5, 0.6) is 0 Å². The highest BCUT2D eigenvalue weighted by molar-refractivity contribution is 6.19. The molecule has 9 heteroatoms. The lowest BCUT2D eigenvalue weighted by atomic mass is 9.90. The van der Waals surface area contributed by atoms with Crippen molar-refractivity contribution < 1.29 is 24.0 Å². The van der Waals surface area contributed by atoms with E-state index in [-0.39, 0.29) is 33.4 Å². The molecule has 0 aliphatic heterocycles. The fourth-order valence-electron chi connectivity index (χ4n) is 4.89. The summed E-state index contributed by atoms with van der Waals surface area (Å²) in [6, 6.07) is 20.7. The Kier molecular flexibility index (Phi) is 8.29. The van der Waals surface area contributed by atoms with Gasteiger partial charge in [-0.3, -0.25) is 43.9 Å². The van der Waals surface area contributed by atoms with Gasteiger partial charge in [-0.15, -0.1) is 0 Å². The standard InChI is InChI=1S/C37H22N4O5/c42-33(23-1-9-38-10-2-23)27-17-28(34(43)24-3-11-39-12-4-24)20-31(19-27)37(46)32-21-29(35(44)25-5-13-40-14-6-25)18-30(22-32)36(45)26-7-15-41-16-8-26/h1-22H. The number of rotatable bonds is 10. The van der Waals surface area contributed by atoms with Crippen LogP contribution in [0.15, 0.2) is 135 Å². The zero-order chi connectivity index (χ0) is 32.0. The fourth-order valence-corrected chi connectivity index (χ4v) is 4.89. The molecule has 0 saturated carbocycles. The second-order valence-electron chi connectivity index (χ2n) is 10.2. The average molecular weight is 603 g/mol. The highest BCUT2D eigenvalue weighted by Gasteiger charge is 2.23. The largest absolute Gasteiger partial charge is 0.289 e. The number of ketones is 5. The number of pyridine rings is 4. The summed E-state index contributed by atoms with van der Waals surface area (Å²) in [6.45, 7) is 0. The summed E-state index contributed by atoms with van der Waals surface area (Å²) in [5.41, 5.74) is 1.72. The van der Waals surface area contributed by atoms with Crippen molar-refractivity contribution in [2.24, 2.45) is 0 Å². The monoisotopic (exact) mass is 602 g/mol. The average Bonchev–Trinajstić information content (AvgIpc) is 3.14. The van der Waals surface area contributed by atoms with Gasteiger partial charge in [-0.25, -0.2) is 0 Å². The number of aromatic nitrogens is 4. The molecule has 0 unspecified atom stereocenters. The van der Waals surface area contributed by atoms with Crippen molar-refractivity contribution in [2.45, 2.75) is 0 Å². The van der Waals surface area contributed by atoms with Gasteiger partial charge in [-0.2, -0.15) is 0 Å². The Hall–Kier alpha value is -6.61. The van der Waals surface area contributed by atoms with Gasteiger partial charge in [0, 0.05) is 105 Å². The zero-order valence-corrected chi connectivity index (χ0v) is 24.0. The molecule has 0 radical (unpaired) electrons. The first-order valence-corrected chi connectivity index (χ1v) is 14.0. The third kappa shape index (κ3) is 6.20. The van der Waals surface area contributed by atoms with Gasteiger partial charge in [0.25, 0.3) is 0 Å². The lowest BCUT2D eigenvalue weighted by molar-refractivity contribution is 0.102. The lowest BCUT2D eigenvalue weighted by Gasteiger charge is -2.12. The number of benzene rings is 2. The Morgan fingerprint density at radius 2 is 0.413 bits per heavy atom. The molecule has 0 bridgehead atoms. The third-order valence-corrected chi connectivity index (χ3v) is 7.21. The van der Waals surface area contributed by atoms with Gasteiger partial charge in [-0.1, -0.05) is 0 Å². The third-order valence-electron chi connectivity index (χ3n) is 7.21. The first-order valence-electron chi connectivity index (χ1n) is 14.0. The number of hydrogen-bond acceptors (Lipinski definition) is 9. The first-order chi connectivity index (χ1) is 22.4. The summed E-state index contributed by atoms with van der Waals surface area (Å²) in [6.07, 6.45) is 11.8. The van der Waals surface area contributed by atoms with Crippen molar-refractivity contribution in [3.63, 3.8) is 0 Å². The van der Waals surface area contributed by atoms with Crippen LogP contribution in [0, 0.1) is 0 Å². The van der Waals surface area contributed by atoms with Gasteiger partial charge < -0.3 is 0 Å². The van der Waals surface area contributed by atoms with E-state index in [1.807, 2.05) is 0 Å². The van der Waals surface area contributed by atoms with E-state index in [4.69, 9.17) is 0 Å². The molecule has 0 saturated heterocycles. The minimum Gasteiger partial charge on any atom is -0.289 e. The Morgan fingerprint density at radius 3 is 0.587 bits per heavy atom. The van der Waals surface area contributed by atoms with Gasteiger partial charge in [0.2, 0.25) is 0 Å². The van der Waals surface area contributed by atoms with Gasteiger partial charge in [0.05, 0.1) is 0 Å². The quantitative estimate of drug-likeness (QED) is 0.188. The van der Waals surface area contributed by atoms with Crippen LogP contribution >= 0.6 is 0 Å². The summed E-state index contributed by atoms with van der Waals surface area (Å²) in [5, 5.41) is 0. The van der Waals surface area contributed by atoms with E-state index >= 15 is 0 Å². The number of nitrogens with zero attached hydrogens (tertiary/aromatic N) is 4. The smallest absolute Gasteiger partial charge is 0.193 e. The molecule has 0 spiro atoms. The fraction of sp³-hybridized carbons (Fsp3) is 0. The molecule has 0 amide bonds. The first kappa shape index (κ1) is 29.5. The molecule has 4 aromatic heterocycles. The van der Waals surface area contributed by atoms with Crippen LogP contribution < -0.4 is 0 Å². The summed E-state index contributed by atoms with van der Waals surface area (Å²) >= 11 is 0. The van der Waals surface area contributed by atoms with E-state index < -0.39 is 28.9 Å². The van der Waals surface area contributed by atoms with Crippen molar-refractivity contribution in [1.82, 2.24) is 19.9 Å². The van der Waals surface area contributed by atoms with Crippen molar-refractivity contribution in [3.05, 3.63) is 190 Å².